The third kappa shape index (κ3) is 244. The van der Waals surface area contributed by atoms with Crippen LogP contribution in [0.5, 0.6) is 0 Å². The summed E-state index contributed by atoms with van der Waals surface area (Å²) >= 11 is 3.09. The van der Waals surface area contributed by atoms with Gasteiger partial charge in [-0.05, 0) is 0 Å². The molecule has 0 saturated carbocycles. The first kappa shape index (κ1) is 18.5. The van der Waals surface area contributed by atoms with Crippen LogP contribution in [0.25, 0.3) is 0 Å². The minimum Gasteiger partial charge on any atom is -0.412 e. The molecule has 0 fully saturated rings. The molecule has 0 spiro atoms. The molecule has 33 valence electrons. The molecule has 1 radical (unpaired) electrons. The van der Waals surface area contributed by atoms with Crippen molar-refractivity contribution in [2.75, 3.05) is 0 Å². The Kier molecular flexibility index (Phi) is 102. The van der Waals surface area contributed by atoms with Crippen LogP contribution in [0.1, 0.15) is 0 Å². The van der Waals surface area contributed by atoms with E-state index in [4.69, 9.17) is 5.26 Å². The molecule has 0 heterocycles. The molecule has 0 unspecified atom stereocenters. The number of hydrogen-bond acceptors (Lipinski definition) is 2. The molecule has 2 nitrogen and oxygen atoms in total. The van der Waals surface area contributed by atoms with Crippen molar-refractivity contribution in [3.63, 3.8) is 0 Å². The minimum atomic E-state index is 0. The zero-order valence-electron chi connectivity index (χ0n) is 2.23. The number of nitrogens with zero attached hydrogens (tertiary/aromatic N) is 1. The first-order chi connectivity index (χ1) is 1.41. The Balaban J connectivity index is -0.0000000200. The summed E-state index contributed by atoms with van der Waals surface area (Å²) in [7, 11) is 0. The van der Waals surface area contributed by atoms with Gasteiger partial charge in [-0.25, -0.2) is 0 Å². The van der Waals surface area contributed by atoms with Crippen molar-refractivity contribution < 1.29 is 22.3 Å². The van der Waals surface area contributed by atoms with E-state index in [0.717, 1.165) is 0 Å². The first-order valence-electron chi connectivity index (χ1n) is 0.447. The summed E-state index contributed by atoms with van der Waals surface area (Å²) < 4.78 is 0. The van der Waals surface area contributed by atoms with Gasteiger partial charge >= 0.3 is 0 Å². The van der Waals surface area contributed by atoms with Gasteiger partial charge < -0.3 is 5.48 Å². The molecule has 0 aromatic rings. The van der Waals surface area contributed by atoms with Gasteiger partial charge in [-0.3, -0.25) is 0 Å². The molecule has 0 bridgehead atoms. The van der Waals surface area contributed by atoms with Gasteiger partial charge in [-0.1, -0.05) is 12.6 Å². The Morgan fingerprint density at radius 2 is 1.60 bits per heavy atom. The van der Waals surface area contributed by atoms with Crippen LogP contribution in [0.4, 0.5) is 0 Å². The van der Waals surface area contributed by atoms with Crippen molar-refractivity contribution in [3.8, 4) is 5.40 Å². The van der Waals surface area contributed by atoms with Crippen molar-refractivity contribution >= 4 is 12.6 Å². The summed E-state index contributed by atoms with van der Waals surface area (Å²) in [6.07, 6.45) is 0. The van der Waals surface area contributed by atoms with E-state index in [1.807, 2.05) is 0 Å². The average molecular weight is 136 g/mol. The van der Waals surface area contributed by atoms with Gasteiger partial charge in [0.05, 0.1) is 0 Å². The maximum atomic E-state index is 7.18. The van der Waals surface area contributed by atoms with Crippen LogP contribution in [0, 0.1) is 10.7 Å². The monoisotopic (exact) mass is 136 g/mol. The molecule has 0 aromatic carbocycles. The third-order valence-electron chi connectivity index (χ3n) is 0. The van der Waals surface area contributed by atoms with E-state index in [-0.39, 0.29) is 22.3 Å². The van der Waals surface area contributed by atoms with Gasteiger partial charge in [0.2, 0.25) is 0 Å². The van der Waals surface area contributed by atoms with Gasteiger partial charge in [0.1, 0.15) is 5.40 Å². The summed E-state index contributed by atoms with van der Waals surface area (Å²) in [5, 5.41) is 8.63. The van der Waals surface area contributed by atoms with Crippen LogP contribution >= 0.6 is 12.6 Å². The summed E-state index contributed by atoms with van der Waals surface area (Å²) in [5.74, 6) is 0. The zero-order valence-corrected chi connectivity index (χ0v) is 4.16. The predicted octanol–water partition coefficient (Wildman–Crippen LogP) is -0.430. The number of hydrogen-bond donors (Lipinski definition) is 1. The second kappa shape index (κ2) is 27.6. The van der Waals surface area contributed by atoms with Gasteiger partial charge in [0.15, 0.2) is 0 Å². The number of thiol groups is 1. The van der Waals surface area contributed by atoms with Crippen LogP contribution in [0.3, 0.4) is 0 Å². The fraction of sp³-hybridized carbons (Fsp3) is 0. The summed E-state index contributed by atoms with van der Waals surface area (Å²) in [5.41, 5.74) is 0. The molecule has 0 aromatic heterocycles. The standard InChI is InChI=1S/CHNS.Co.H2O/c2-1-3;;/h3H;;1H2. The Bertz CT molecular complexity index is 33.1. The summed E-state index contributed by atoms with van der Waals surface area (Å²) in [4.78, 5) is 0. The Morgan fingerprint density at radius 1 is 1.60 bits per heavy atom. The van der Waals surface area contributed by atoms with Crippen molar-refractivity contribution in [1.82, 2.24) is 0 Å². The predicted molar refractivity (Wildman–Crippen MR) is 18.2 cm³/mol. The van der Waals surface area contributed by atoms with Crippen LogP contribution in [0.15, 0.2) is 0 Å². The Morgan fingerprint density at radius 3 is 1.60 bits per heavy atom. The van der Waals surface area contributed by atoms with Gasteiger partial charge in [-0.2, -0.15) is 5.26 Å². The second-order valence-corrected chi connectivity index (χ2v) is 0.300. The second-order valence-electron chi connectivity index (χ2n) is 0.100. The number of rotatable bonds is 0. The molecule has 0 aliphatic heterocycles. The van der Waals surface area contributed by atoms with Gasteiger partial charge in [0, 0.05) is 16.8 Å². The molecule has 0 saturated heterocycles. The number of thiocyanates is 1. The minimum absolute atomic E-state index is 0. The largest absolute Gasteiger partial charge is 0.412 e. The van der Waals surface area contributed by atoms with E-state index >= 15 is 0 Å². The fourth-order valence-electron chi connectivity index (χ4n) is 0. The van der Waals surface area contributed by atoms with E-state index in [1.165, 1.54) is 5.40 Å². The van der Waals surface area contributed by atoms with Gasteiger partial charge in [-0.15, -0.1) is 0 Å². The molecule has 0 rings (SSSR count). The van der Waals surface area contributed by atoms with Crippen molar-refractivity contribution in [2.24, 2.45) is 0 Å². The van der Waals surface area contributed by atoms with E-state index in [0.29, 0.717) is 0 Å². The molecular weight excluding hydrogens is 133 g/mol. The molecule has 0 atom stereocenters. The first-order valence-corrected chi connectivity index (χ1v) is 0.894. The summed E-state index contributed by atoms with van der Waals surface area (Å²) in [6.45, 7) is 0. The van der Waals surface area contributed by atoms with Crippen LogP contribution in [-0.4, -0.2) is 5.48 Å². The molecular formula is CH3CoNOS. The van der Waals surface area contributed by atoms with Crippen LogP contribution in [-0.2, 0) is 16.8 Å². The summed E-state index contributed by atoms with van der Waals surface area (Å²) in [6, 6.07) is 0. The Hall–Kier alpha value is 0.306. The molecule has 0 amide bonds. The van der Waals surface area contributed by atoms with Crippen molar-refractivity contribution in [2.45, 2.75) is 0 Å². The topological polar surface area (TPSA) is 55.3 Å². The molecule has 4 heteroatoms. The third-order valence-corrected chi connectivity index (χ3v) is 0. The van der Waals surface area contributed by atoms with Gasteiger partial charge in [0.25, 0.3) is 0 Å². The normalized spacial score (nSPS) is 1.60. The molecule has 2 N–H and O–H groups in total. The van der Waals surface area contributed by atoms with Crippen LogP contribution in [0.2, 0.25) is 0 Å². The van der Waals surface area contributed by atoms with Crippen molar-refractivity contribution in [3.05, 3.63) is 0 Å². The van der Waals surface area contributed by atoms with E-state index < -0.39 is 0 Å². The van der Waals surface area contributed by atoms with E-state index in [2.05, 4.69) is 12.6 Å². The zero-order chi connectivity index (χ0) is 2.71. The average Bonchev–Trinajstić information content (AvgIpc) is 0.918. The Labute approximate surface area is 46.1 Å². The van der Waals surface area contributed by atoms with Crippen molar-refractivity contribution in [1.29, 1.82) is 5.26 Å². The van der Waals surface area contributed by atoms with E-state index in [9.17, 15) is 0 Å². The molecule has 5 heavy (non-hydrogen) atoms. The van der Waals surface area contributed by atoms with Crippen LogP contribution < -0.4 is 0 Å². The quantitative estimate of drug-likeness (QED) is 0.356. The number of nitriles is 1. The maximum absolute atomic E-state index is 7.18. The molecule has 0 aliphatic rings. The fourth-order valence-corrected chi connectivity index (χ4v) is 0. The maximum Gasteiger partial charge on any atom is 0.130 e. The smallest absolute Gasteiger partial charge is 0.130 e. The molecule has 0 aliphatic carbocycles. The van der Waals surface area contributed by atoms with E-state index in [1.54, 1.807) is 0 Å². The SMILES string of the molecule is N#CS.O.[Co].